The molecule has 1 aromatic rings. The minimum atomic E-state index is 0.0125. The zero-order chi connectivity index (χ0) is 15.1. The summed E-state index contributed by atoms with van der Waals surface area (Å²) in [5, 5.41) is 3.09. The van der Waals surface area contributed by atoms with Crippen LogP contribution in [0.25, 0.3) is 0 Å². The van der Waals surface area contributed by atoms with Crippen LogP contribution in [0.2, 0.25) is 0 Å². The number of nitrogens with two attached hydrogens (primary N) is 1. The summed E-state index contributed by atoms with van der Waals surface area (Å²) < 4.78 is 0. The highest BCUT2D eigenvalue weighted by Crippen LogP contribution is 2.27. The van der Waals surface area contributed by atoms with Crippen molar-refractivity contribution in [3.63, 3.8) is 0 Å². The van der Waals surface area contributed by atoms with Gasteiger partial charge in [-0.15, -0.1) is 0 Å². The number of carbonyl (C=O) groups is 1. The molecule has 1 aliphatic rings. The van der Waals surface area contributed by atoms with E-state index in [1.807, 2.05) is 31.2 Å². The van der Waals surface area contributed by atoms with Crippen LogP contribution in [0.3, 0.4) is 0 Å². The van der Waals surface area contributed by atoms with E-state index < -0.39 is 0 Å². The predicted octanol–water partition coefficient (Wildman–Crippen LogP) is 2.75. The van der Waals surface area contributed by atoms with Crippen LogP contribution in [0, 0.1) is 17.8 Å². The van der Waals surface area contributed by atoms with Crippen LogP contribution in [0.5, 0.6) is 0 Å². The van der Waals surface area contributed by atoms with E-state index in [1.165, 1.54) is 25.7 Å². The van der Waals surface area contributed by atoms with E-state index in [1.54, 1.807) is 0 Å². The van der Waals surface area contributed by atoms with E-state index in [2.05, 4.69) is 17.2 Å². The fourth-order valence-corrected chi connectivity index (χ4v) is 2.90. The second kappa shape index (κ2) is 7.85. The first-order valence-corrected chi connectivity index (χ1v) is 7.77. The SMILES string of the molecule is CC(NC(=O)CC1CCCC1)c1cccc(C#CCN)c1. The Hall–Kier alpha value is -1.79. The average Bonchev–Trinajstić information content (AvgIpc) is 2.98. The molecule has 1 fully saturated rings. The number of carbonyl (C=O) groups excluding carboxylic acids is 1. The third kappa shape index (κ3) is 4.91. The van der Waals surface area contributed by atoms with Crippen LogP contribution in [-0.4, -0.2) is 12.5 Å². The van der Waals surface area contributed by atoms with Gasteiger partial charge in [0.2, 0.25) is 5.91 Å². The largest absolute Gasteiger partial charge is 0.350 e. The molecule has 2 rings (SSSR count). The van der Waals surface area contributed by atoms with E-state index in [4.69, 9.17) is 5.73 Å². The quantitative estimate of drug-likeness (QED) is 0.835. The smallest absolute Gasteiger partial charge is 0.220 e. The van der Waals surface area contributed by atoms with Gasteiger partial charge in [0.25, 0.3) is 0 Å². The number of benzene rings is 1. The second-order valence-corrected chi connectivity index (χ2v) is 5.78. The minimum Gasteiger partial charge on any atom is -0.350 e. The number of amides is 1. The molecule has 0 aliphatic heterocycles. The Kier molecular flexibility index (Phi) is 5.83. The molecule has 3 N–H and O–H groups in total. The van der Waals surface area contributed by atoms with Gasteiger partial charge in [-0.1, -0.05) is 36.8 Å². The molecule has 21 heavy (non-hydrogen) atoms. The average molecular weight is 284 g/mol. The maximum absolute atomic E-state index is 12.1. The van der Waals surface area contributed by atoms with E-state index >= 15 is 0 Å². The van der Waals surface area contributed by atoms with Crippen molar-refractivity contribution in [2.24, 2.45) is 11.7 Å². The van der Waals surface area contributed by atoms with Crippen LogP contribution in [0.1, 0.15) is 56.2 Å². The predicted molar refractivity (Wildman–Crippen MR) is 85.5 cm³/mol. The van der Waals surface area contributed by atoms with Gasteiger partial charge in [-0.05, 0) is 43.4 Å². The van der Waals surface area contributed by atoms with Crippen LogP contribution in [-0.2, 0) is 4.79 Å². The van der Waals surface area contributed by atoms with Gasteiger partial charge in [0.05, 0.1) is 12.6 Å². The molecule has 0 radical (unpaired) electrons. The molecule has 0 heterocycles. The van der Waals surface area contributed by atoms with Gasteiger partial charge in [0.1, 0.15) is 0 Å². The molecule has 1 aromatic carbocycles. The van der Waals surface area contributed by atoms with E-state index in [0.717, 1.165) is 11.1 Å². The highest BCUT2D eigenvalue weighted by atomic mass is 16.1. The Morgan fingerprint density at radius 3 is 2.90 bits per heavy atom. The molecule has 0 saturated heterocycles. The second-order valence-electron chi connectivity index (χ2n) is 5.78. The van der Waals surface area contributed by atoms with Gasteiger partial charge < -0.3 is 11.1 Å². The van der Waals surface area contributed by atoms with Gasteiger partial charge in [-0.3, -0.25) is 4.79 Å². The molecule has 1 aliphatic carbocycles. The Labute approximate surface area is 127 Å². The van der Waals surface area contributed by atoms with Crippen LogP contribution in [0.4, 0.5) is 0 Å². The van der Waals surface area contributed by atoms with Crippen molar-refractivity contribution >= 4 is 5.91 Å². The van der Waals surface area contributed by atoms with Gasteiger partial charge in [-0.25, -0.2) is 0 Å². The zero-order valence-corrected chi connectivity index (χ0v) is 12.7. The van der Waals surface area contributed by atoms with Crippen LogP contribution < -0.4 is 11.1 Å². The topological polar surface area (TPSA) is 55.1 Å². The molecular weight excluding hydrogens is 260 g/mol. The summed E-state index contributed by atoms with van der Waals surface area (Å²) in [6.45, 7) is 2.37. The van der Waals surface area contributed by atoms with Crippen molar-refractivity contribution in [3.8, 4) is 11.8 Å². The number of nitrogens with one attached hydrogen (secondary N) is 1. The first kappa shape index (κ1) is 15.6. The summed E-state index contributed by atoms with van der Waals surface area (Å²) in [5.74, 6) is 6.62. The fourth-order valence-electron chi connectivity index (χ4n) is 2.90. The summed E-state index contributed by atoms with van der Waals surface area (Å²) in [4.78, 5) is 12.1. The van der Waals surface area contributed by atoms with Gasteiger partial charge in [-0.2, -0.15) is 0 Å². The first-order valence-electron chi connectivity index (χ1n) is 7.77. The van der Waals surface area contributed by atoms with Gasteiger partial charge in [0.15, 0.2) is 0 Å². The Balaban J connectivity index is 1.92. The van der Waals surface area contributed by atoms with Crippen LogP contribution in [0.15, 0.2) is 24.3 Å². The lowest BCUT2D eigenvalue weighted by Crippen LogP contribution is -2.28. The molecule has 1 unspecified atom stereocenters. The zero-order valence-electron chi connectivity index (χ0n) is 12.7. The third-order valence-corrected chi connectivity index (χ3v) is 4.05. The van der Waals surface area contributed by atoms with Gasteiger partial charge in [0, 0.05) is 12.0 Å². The van der Waals surface area contributed by atoms with E-state index in [0.29, 0.717) is 18.9 Å². The molecule has 3 heteroatoms. The third-order valence-electron chi connectivity index (χ3n) is 4.05. The highest BCUT2D eigenvalue weighted by Gasteiger charge is 2.19. The van der Waals surface area contributed by atoms with E-state index in [9.17, 15) is 4.79 Å². The molecule has 0 bridgehead atoms. The lowest BCUT2D eigenvalue weighted by molar-refractivity contribution is -0.122. The lowest BCUT2D eigenvalue weighted by atomic mass is 10.0. The van der Waals surface area contributed by atoms with Crippen molar-refractivity contribution in [2.75, 3.05) is 6.54 Å². The molecule has 0 spiro atoms. The Morgan fingerprint density at radius 2 is 2.19 bits per heavy atom. The molecule has 1 saturated carbocycles. The molecule has 0 aromatic heterocycles. The van der Waals surface area contributed by atoms with Gasteiger partial charge >= 0.3 is 0 Å². The molecular formula is C18H24N2O. The normalized spacial score (nSPS) is 16.1. The monoisotopic (exact) mass is 284 g/mol. The number of hydrogen-bond acceptors (Lipinski definition) is 2. The summed E-state index contributed by atoms with van der Waals surface area (Å²) in [6, 6.07) is 7.98. The first-order chi connectivity index (χ1) is 10.2. The van der Waals surface area contributed by atoms with Crippen molar-refractivity contribution < 1.29 is 4.79 Å². The Bertz CT molecular complexity index is 536. The molecule has 3 nitrogen and oxygen atoms in total. The maximum atomic E-state index is 12.1. The maximum Gasteiger partial charge on any atom is 0.220 e. The molecule has 1 amide bonds. The lowest BCUT2D eigenvalue weighted by Gasteiger charge is -2.16. The fraction of sp³-hybridized carbons (Fsp3) is 0.500. The van der Waals surface area contributed by atoms with E-state index in [-0.39, 0.29) is 11.9 Å². The van der Waals surface area contributed by atoms with Crippen molar-refractivity contribution in [2.45, 2.75) is 45.1 Å². The molecule has 1 atom stereocenters. The van der Waals surface area contributed by atoms with Crippen molar-refractivity contribution in [1.82, 2.24) is 5.32 Å². The van der Waals surface area contributed by atoms with Crippen molar-refractivity contribution in [3.05, 3.63) is 35.4 Å². The Morgan fingerprint density at radius 1 is 1.43 bits per heavy atom. The highest BCUT2D eigenvalue weighted by molar-refractivity contribution is 5.76. The standard InChI is InChI=1S/C18H24N2O/c1-14(20-18(21)13-16-6-2-3-7-16)17-10-4-8-15(12-17)9-5-11-19/h4,8,10,12,14,16H,2-3,6-7,11,13,19H2,1H3,(H,20,21). The van der Waals surface area contributed by atoms with Crippen LogP contribution >= 0.6 is 0 Å². The number of rotatable bonds is 4. The minimum absolute atomic E-state index is 0.0125. The molecule has 112 valence electrons. The summed E-state index contributed by atoms with van der Waals surface area (Å²) in [6.07, 6.45) is 5.61. The summed E-state index contributed by atoms with van der Waals surface area (Å²) >= 11 is 0. The summed E-state index contributed by atoms with van der Waals surface area (Å²) in [7, 11) is 0. The number of hydrogen-bond donors (Lipinski definition) is 2. The summed E-state index contributed by atoms with van der Waals surface area (Å²) in [5.41, 5.74) is 7.41. The van der Waals surface area contributed by atoms with Crippen molar-refractivity contribution in [1.29, 1.82) is 0 Å².